The molecule has 2 aliphatic rings. The maximum atomic E-state index is 8.45. The molecule has 2 aliphatic carbocycles. The lowest BCUT2D eigenvalue weighted by atomic mass is 9.93. The summed E-state index contributed by atoms with van der Waals surface area (Å²) in [6, 6.07) is 8.45. The number of fused-ring (bicyclic) bond motifs is 1. The van der Waals surface area contributed by atoms with Gasteiger partial charge in [-0.25, -0.2) is 4.98 Å². The average molecular weight is 292 g/mol. The van der Waals surface area contributed by atoms with Crippen LogP contribution in [0.2, 0.25) is 0 Å². The van der Waals surface area contributed by atoms with Crippen molar-refractivity contribution in [3.8, 4) is 0 Å². The minimum atomic E-state index is 0.405. The third kappa shape index (κ3) is 2.61. The largest absolute Gasteiger partial charge is 0.388 e. The highest BCUT2D eigenvalue weighted by molar-refractivity contribution is 6.23. The van der Waals surface area contributed by atoms with Crippen LogP contribution in [0.15, 0.2) is 36.7 Å². The molecule has 1 aromatic heterocycles. The Hall–Kier alpha value is -2.23. The molecule has 0 aliphatic heterocycles. The zero-order valence-corrected chi connectivity index (χ0v) is 12.5. The Morgan fingerprint density at radius 2 is 1.91 bits per heavy atom. The van der Waals surface area contributed by atoms with E-state index in [0.717, 1.165) is 35.1 Å². The van der Waals surface area contributed by atoms with E-state index in [1.807, 2.05) is 30.5 Å². The van der Waals surface area contributed by atoms with E-state index in [9.17, 15) is 0 Å². The van der Waals surface area contributed by atoms with Crippen molar-refractivity contribution in [2.75, 3.05) is 0 Å². The number of para-hydroxylation sites is 2. The molecule has 0 spiro atoms. The first-order valence-corrected chi connectivity index (χ1v) is 8.08. The van der Waals surface area contributed by atoms with E-state index in [-0.39, 0.29) is 0 Å². The zero-order chi connectivity index (χ0) is 14.9. The predicted molar refractivity (Wildman–Crippen MR) is 88.7 cm³/mol. The molecular formula is C18H20N4. The quantitative estimate of drug-likeness (QED) is 0.829. The summed E-state index contributed by atoms with van der Waals surface area (Å²) in [7, 11) is 0. The van der Waals surface area contributed by atoms with E-state index in [1.54, 1.807) is 6.20 Å². The van der Waals surface area contributed by atoms with Crippen molar-refractivity contribution in [3.05, 3.63) is 42.4 Å². The molecule has 112 valence electrons. The van der Waals surface area contributed by atoms with Gasteiger partial charge in [-0.3, -0.25) is 4.98 Å². The first-order chi connectivity index (χ1) is 10.8. The van der Waals surface area contributed by atoms with Crippen LogP contribution in [0.5, 0.6) is 0 Å². The SMILES string of the molecule is N=C(/C(=C\NC1CCC1)c1cnc2ccccc2n1)C1CC1. The number of aromatic nitrogens is 2. The minimum Gasteiger partial charge on any atom is -0.388 e. The van der Waals surface area contributed by atoms with Crippen LogP contribution in [0.4, 0.5) is 0 Å². The van der Waals surface area contributed by atoms with Gasteiger partial charge < -0.3 is 10.7 Å². The maximum absolute atomic E-state index is 8.45. The van der Waals surface area contributed by atoms with Gasteiger partial charge in [0, 0.05) is 29.4 Å². The molecule has 0 bridgehead atoms. The Morgan fingerprint density at radius 1 is 1.14 bits per heavy atom. The summed E-state index contributed by atoms with van der Waals surface area (Å²) in [6.45, 7) is 0. The monoisotopic (exact) mass is 292 g/mol. The van der Waals surface area contributed by atoms with Gasteiger partial charge in [-0.1, -0.05) is 12.1 Å². The second-order valence-electron chi connectivity index (χ2n) is 6.28. The van der Waals surface area contributed by atoms with Crippen molar-refractivity contribution in [2.24, 2.45) is 5.92 Å². The zero-order valence-electron chi connectivity index (χ0n) is 12.5. The Labute approximate surface area is 130 Å². The number of hydrogen-bond donors (Lipinski definition) is 2. The summed E-state index contributed by atoms with van der Waals surface area (Å²) >= 11 is 0. The fourth-order valence-electron chi connectivity index (χ4n) is 2.74. The molecule has 4 heteroatoms. The van der Waals surface area contributed by atoms with Gasteiger partial charge in [0.15, 0.2) is 0 Å². The Balaban J connectivity index is 1.68. The van der Waals surface area contributed by atoms with Crippen LogP contribution in [0.3, 0.4) is 0 Å². The van der Waals surface area contributed by atoms with E-state index in [1.165, 1.54) is 19.3 Å². The van der Waals surface area contributed by atoms with Gasteiger partial charge in [0.25, 0.3) is 0 Å². The third-order valence-corrected chi connectivity index (χ3v) is 4.57. The summed E-state index contributed by atoms with van der Waals surface area (Å²) in [4.78, 5) is 9.21. The molecule has 0 radical (unpaired) electrons. The van der Waals surface area contributed by atoms with Gasteiger partial charge >= 0.3 is 0 Å². The molecule has 0 unspecified atom stereocenters. The van der Waals surface area contributed by atoms with Gasteiger partial charge in [0.05, 0.1) is 22.9 Å². The second kappa shape index (κ2) is 5.52. The highest BCUT2D eigenvalue weighted by atomic mass is 14.9. The second-order valence-corrected chi connectivity index (χ2v) is 6.28. The lowest BCUT2D eigenvalue weighted by molar-refractivity contribution is 0.373. The normalized spacial score (nSPS) is 19.0. The highest BCUT2D eigenvalue weighted by Gasteiger charge is 2.30. The summed E-state index contributed by atoms with van der Waals surface area (Å²) in [5.74, 6) is 0.405. The van der Waals surface area contributed by atoms with Crippen molar-refractivity contribution in [1.82, 2.24) is 15.3 Å². The van der Waals surface area contributed by atoms with Gasteiger partial charge in [-0.05, 0) is 44.2 Å². The van der Waals surface area contributed by atoms with Gasteiger partial charge in [-0.15, -0.1) is 0 Å². The van der Waals surface area contributed by atoms with Gasteiger partial charge in [0.1, 0.15) is 0 Å². The lowest BCUT2D eigenvalue weighted by Gasteiger charge is -2.26. The molecule has 22 heavy (non-hydrogen) atoms. The van der Waals surface area contributed by atoms with Crippen LogP contribution in [-0.4, -0.2) is 21.7 Å². The summed E-state index contributed by atoms with van der Waals surface area (Å²) in [6.07, 6.45) is 9.81. The van der Waals surface area contributed by atoms with Crippen LogP contribution < -0.4 is 5.32 Å². The van der Waals surface area contributed by atoms with Crippen molar-refractivity contribution >= 4 is 22.3 Å². The number of allylic oxidation sites excluding steroid dienone is 1. The molecule has 2 N–H and O–H groups in total. The number of nitrogens with zero attached hydrogens (tertiary/aromatic N) is 2. The molecular weight excluding hydrogens is 272 g/mol. The van der Waals surface area contributed by atoms with Crippen LogP contribution in [-0.2, 0) is 0 Å². The van der Waals surface area contributed by atoms with Crippen molar-refractivity contribution in [1.29, 1.82) is 5.41 Å². The Bertz CT molecular complexity index is 742. The van der Waals surface area contributed by atoms with E-state index in [4.69, 9.17) is 10.4 Å². The topological polar surface area (TPSA) is 61.7 Å². The van der Waals surface area contributed by atoms with E-state index >= 15 is 0 Å². The molecule has 1 aromatic carbocycles. The molecule has 0 amide bonds. The Kier molecular flexibility index (Phi) is 3.37. The van der Waals surface area contributed by atoms with Crippen LogP contribution in [0.1, 0.15) is 37.8 Å². The summed E-state index contributed by atoms with van der Waals surface area (Å²) in [5, 5.41) is 11.9. The summed E-state index contributed by atoms with van der Waals surface area (Å²) in [5.41, 5.74) is 4.21. The third-order valence-electron chi connectivity index (χ3n) is 4.57. The van der Waals surface area contributed by atoms with E-state index in [0.29, 0.717) is 17.7 Å². The molecule has 1 heterocycles. The Morgan fingerprint density at radius 3 is 2.59 bits per heavy atom. The molecule has 2 fully saturated rings. The molecule has 4 nitrogen and oxygen atoms in total. The van der Waals surface area contributed by atoms with Crippen molar-refractivity contribution < 1.29 is 0 Å². The number of nitrogens with one attached hydrogen (secondary N) is 2. The van der Waals surface area contributed by atoms with Gasteiger partial charge in [0.2, 0.25) is 0 Å². The van der Waals surface area contributed by atoms with Gasteiger partial charge in [-0.2, -0.15) is 0 Å². The van der Waals surface area contributed by atoms with E-state index < -0.39 is 0 Å². The molecule has 0 atom stereocenters. The number of benzene rings is 1. The predicted octanol–water partition coefficient (Wildman–Crippen LogP) is 3.54. The van der Waals surface area contributed by atoms with E-state index in [2.05, 4.69) is 10.3 Å². The van der Waals surface area contributed by atoms with Crippen molar-refractivity contribution in [2.45, 2.75) is 38.1 Å². The van der Waals surface area contributed by atoms with Crippen LogP contribution in [0.25, 0.3) is 16.6 Å². The van der Waals surface area contributed by atoms with Crippen molar-refractivity contribution in [3.63, 3.8) is 0 Å². The number of hydrogen-bond acceptors (Lipinski definition) is 4. The minimum absolute atomic E-state index is 0.405. The first-order valence-electron chi connectivity index (χ1n) is 8.08. The fourth-order valence-corrected chi connectivity index (χ4v) is 2.74. The fraction of sp³-hybridized carbons (Fsp3) is 0.389. The smallest absolute Gasteiger partial charge is 0.0925 e. The van der Waals surface area contributed by atoms with Crippen LogP contribution >= 0.6 is 0 Å². The highest BCUT2D eigenvalue weighted by Crippen LogP contribution is 2.35. The molecule has 4 rings (SSSR count). The molecule has 2 aromatic rings. The molecule has 2 saturated carbocycles. The van der Waals surface area contributed by atoms with Crippen LogP contribution in [0, 0.1) is 11.3 Å². The molecule has 0 saturated heterocycles. The first kappa shape index (κ1) is 13.4. The number of rotatable bonds is 5. The standard InChI is InChI=1S/C18H20N4/c19-18(12-8-9-12)14(10-20-13-4-3-5-13)17-11-21-15-6-1-2-7-16(15)22-17/h1-2,6-7,10-13,19-20H,3-5,8-9H2/b14-10-,19-18?. The summed E-state index contributed by atoms with van der Waals surface area (Å²) < 4.78 is 0. The lowest BCUT2D eigenvalue weighted by Crippen LogP contribution is -2.31. The average Bonchev–Trinajstić information content (AvgIpc) is 3.33. The maximum Gasteiger partial charge on any atom is 0.0925 e.